The minimum Gasteiger partial charge on any atom is -0.490 e. The first-order valence-corrected chi connectivity index (χ1v) is 5.83. The van der Waals surface area contributed by atoms with Crippen LogP contribution in [0.2, 0.25) is 0 Å². The van der Waals surface area contributed by atoms with Crippen molar-refractivity contribution in [2.75, 3.05) is 7.11 Å². The average Bonchev–Trinajstić information content (AvgIpc) is 2.67. The van der Waals surface area contributed by atoms with Crippen molar-refractivity contribution in [3.05, 3.63) is 51.3 Å². The molecule has 0 bridgehead atoms. The standard InChI is InChI=1S/C13H15N3O3/c1-9-6-10(2)15(14-9)8-11-4-5-13(19-3)12(7-11)16(17)18/h4-7H,8H2,1-3H3. The van der Waals surface area contributed by atoms with Crippen molar-refractivity contribution in [3.8, 4) is 5.75 Å². The highest BCUT2D eigenvalue weighted by Gasteiger charge is 2.15. The largest absolute Gasteiger partial charge is 0.490 e. The SMILES string of the molecule is COc1ccc(Cn2nc(C)cc2C)cc1[N+](=O)[O-]. The topological polar surface area (TPSA) is 70.2 Å². The van der Waals surface area contributed by atoms with Crippen molar-refractivity contribution in [1.82, 2.24) is 9.78 Å². The molecule has 0 unspecified atom stereocenters. The summed E-state index contributed by atoms with van der Waals surface area (Å²) < 4.78 is 6.80. The number of hydrogen-bond donors (Lipinski definition) is 0. The van der Waals surface area contributed by atoms with Crippen LogP contribution in [0.25, 0.3) is 0 Å². The lowest BCUT2D eigenvalue weighted by atomic mass is 10.2. The molecule has 1 heterocycles. The number of methoxy groups -OCH3 is 1. The first kappa shape index (κ1) is 13.1. The van der Waals surface area contributed by atoms with E-state index < -0.39 is 4.92 Å². The molecule has 0 aliphatic rings. The van der Waals surface area contributed by atoms with Gasteiger partial charge in [0.2, 0.25) is 0 Å². The molecule has 19 heavy (non-hydrogen) atoms. The number of aryl methyl sites for hydroxylation is 2. The molecule has 0 aliphatic heterocycles. The molecule has 0 saturated carbocycles. The van der Waals surface area contributed by atoms with E-state index in [-0.39, 0.29) is 11.4 Å². The number of ether oxygens (including phenoxy) is 1. The van der Waals surface area contributed by atoms with Gasteiger partial charge in [0.15, 0.2) is 5.75 Å². The third kappa shape index (κ3) is 2.73. The van der Waals surface area contributed by atoms with E-state index in [1.807, 2.05) is 30.7 Å². The second kappa shape index (κ2) is 5.09. The molecular weight excluding hydrogens is 246 g/mol. The smallest absolute Gasteiger partial charge is 0.311 e. The number of nitro benzene ring substituents is 1. The van der Waals surface area contributed by atoms with Gasteiger partial charge >= 0.3 is 5.69 Å². The molecule has 0 amide bonds. The molecule has 1 aromatic carbocycles. The molecule has 0 N–H and O–H groups in total. The van der Waals surface area contributed by atoms with Gasteiger partial charge in [-0.15, -0.1) is 0 Å². The van der Waals surface area contributed by atoms with Gasteiger partial charge in [-0.3, -0.25) is 14.8 Å². The van der Waals surface area contributed by atoms with Gasteiger partial charge in [0.05, 0.1) is 24.3 Å². The fraction of sp³-hybridized carbons (Fsp3) is 0.308. The highest BCUT2D eigenvalue weighted by molar-refractivity contribution is 5.48. The lowest BCUT2D eigenvalue weighted by Crippen LogP contribution is -2.04. The summed E-state index contributed by atoms with van der Waals surface area (Å²) >= 11 is 0. The van der Waals surface area contributed by atoms with Crippen LogP contribution < -0.4 is 4.74 Å². The molecule has 0 spiro atoms. The lowest BCUT2D eigenvalue weighted by molar-refractivity contribution is -0.385. The van der Waals surface area contributed by atoms with Crippen LogP contribution in [-0.4, -0.2) is 21.8 Å². The predicted molar refractivity (Wildman–Crippen MR) is 70.5 cm³/mol. The molecule has 6 nitrogen and oxygen atoms in total. The van der Waals surface area contributed by atoms with Crippen molar-refractivity contribution in [2.24, 2.45) is 0 Å². The second-order valence-electron chi connectivity index (χ2n) is 4.35. The van der Waals surface area contributed by atoms with Crippen LogP contribution in [0.4, 0.5) is 5.69 Å². The van der Waals surface area contributed by atoms with E-state index in [4.69, 9.17) is 4.74 Å². The predicted octanol–water partition coefficient (Wildman–Crippen LogP) is 2.47. The highest BCUT2D eigenvalue weighted by Crippen LogP contribution is 2.27. The van der Waals surface area contributed by atoms with Crippen LogP contribution in [0.1, 0.15) is 17.0 Å². The zero-order valence-corrected chi connectivity index (χ0v) is 11.1. The summed E-state index contributed by atoms with van der Waals surface area (Å²) in [6, 6.07) is 6.91. The number of nitrogens with zero attached hydrogens (tertiary/aromatic N) is 3. The second-order valence-corrected chi connectivity index (χ2v) is 4.35. The van der Waals surface area contributed by atoms with Crippen LogP contribution in [0, 0.1) is 24.0 Å². The van der Waals surface area contributed by atoms with Crippen LogP contribution in [0.15, 0.2) is 24.3 Å². The van der Waals surface area contributed by atoms with Crippen molar-refractivity contribution in [3.63, 3.8) is 0 Å². The molecular formula is C13H15N3O3. The number of nitro groups is 1. The number of rotatable bonds is 4. The third-order valence-corrected chi connectivity index (χ3v) is 2.88. The van der Waals surface area contributed by atoms with E-state index in [0.717, 1.165) is 17.0 Å². The molecule has 0 saturated heterocycles. The van der Waals surface area contributed by atoms with Crippen molar-refractivity contribution < 1.29 is 9.66 Å². The lowest BCUT2D eigenvalue weighted by Gasteiger charge is -2.06. The maximum atomic E-state index is 11.0. The molecule has 0 radical (unpaired) electrons. The summed E-state index contributed by atoms with van der Waals surface area (Å²) in [5.41, 5.74) is 2.75. The molecule has 6 heteroatoms. The molecule has 2 rings (SSSR count). The zero-order valence-electron chi connectivity index (χ0n) is 11.1. The van der Waals surface area contributed by atoms with Crippen LogP contribution >= 0.6 is 0 Å². The Balaban J connectivity index is 2.33. The quantitative estimate of drug-likeness (QED) is 0.626. The van der Waals surface area contributed by atoms with E-state index in [9.17, 15) is 10.1 Å². The zero-order chi connectivity index (χ0) is 14.0. The van der Waals surface area contributed by atoms with E-state index in [0.29, 0.717) is 6.54 Å². The van der Waals surface area contributed by atoms with E-state index in [1.165, 1.54) is 13.2 Å². The van der Waals surface area contributed by atoms with Crippen molar-refractivity contribution in [1.29, 1.82) is 0 Å². The van der Waals surface area contributed by atoms with E-state index in [2.05, 4.69) is 5.10 Å². The van der Waals surface area contributed by atoms with Gasteiger partial charge in [0, 0.05) is 11.8 Å². The monoisotopic (exact) mass is 261 g/mol. The van der Waals surface area contributed by atoms with Gasteiger partial charge in [-0.05, 0) is 31.5 Å². The summed E-state index contributed by atoms with van der Waals surface area (Å²) in [6.07, 6.45) is 0. The van der Waals surface area contributed by atoms with Gasteiger partial charge in [-0.1, -0.05) is 6.07 Å². The number of aromatic nitrogens is 2. The Morgan fingerprint density at radius 3 is 2.63 bits per heavy atom. The number of benzene rings is 1. The Bertz CT molecular complexity index is 620. The molecule has 2 aromatic rings. The van der Waals surface area contributed by atoms with Gasteiger partial charge in [-0.2, -0.15) is 5.10 Å². The van der Waals surface area contributed by atoms with Gasteiger partial charge < -0.3 is 4.74 Å². The maximum absolute atomic E-state index is 11.0. The summed E-state index contributed by atoms with van der Waals surface area (Å²) in [7, 11) is 1.42. The van der Waals surface area contributed by atoms with Crippen molar-refractivity contribution >= 4 is 5.69 Å². The van der Waals surface area contributed by atoms with Gasteiger partial charge in [-0.25, -0.2) is 0 Å². The van der Waals surface area contributed by atoms with Gasteiger partial charge in [0.1, 0.15) is 0 Å². The summed E-state index contributed by atoms with van der Waals surface area (Å²) in [4.78, 5) is 10.5. The summed E-state index contributed by atoms with van der Waals surface area (Å²) in [6.45, 7) is 4.38. The normalized spacial score (nSPS) is 10.5. The maximum Gasteiger partial charge on any atom is 0.311 e. The van der Waals surface area contributed by atoms with Crippen LogP contribution in [0.5, 0.6) is 5.75 Å². The van der Waals surface area contributed by atoms with Crippen LogP contribution in [-0.2, 0) is 6.54 Å². The summed E-state index contributed by atoms with van der Waals surface area (Å²) in [5, 5.41) is 15.3. The molecule has 100 valence electrons. The Kier molecular flexibility index (Phi) is 3.50. The Hall–Kier alpha value is -2.37. The fourth-order valence-corrected chi connectivity index (χ4v) is 1.98. The fourth-order valence-electron chi connectivity index (χ4n) is 1.98. The third-order valence-electron chi connectivity index (χ3n) is 2.88. The minimum atomic E-state index is -0.441. The Morgan fingerprint density at radius 1 is 1.37 bits per heavy atom. The van der Waals surface area contributed by atoms with E-state index in [1.54, 1.807) is 6.07 Å². The van der Waals surface area contributed by atoms with Crippen molar-refractivity contribution in [2.45, 2.75) is 20.4 Å². The summed E-state index contributed by atoms with van der Waals surface area (Å²) in [5.74, 6) is 0.266. The van der Waals surface area contributed by atoms with E-state index >= 15 is 0 Å². The molecule has 0 aliphatic carbocycles. The Labute approximate surface area is 110 Å². The molecule has 1 aromatic heterocycles. The molecule has 0 fully saturated rings. The van der Waals surface area contributed by atoms with Gasteiger partial charge in [0.25, 0.3) is 0 Å². The van der Waals surface area contributed by atoms with Crippen LogP contribution in [0.3, 0.4) is 0 Å². The Morgan fingerprint density at radius 2 is 2.11 bits per heavy atom. The average molecular weight is 261 g/mol. The minimum absolute atomic E-state index is 0.0264. The first-order chi connectivity index (χ1) is 9.01. The number of hydrogen-bond acceptors (Lipinski definition) is 4. The molecule has 0 atom stereocenters. The first-order valence-electron chi connectivity index (χ1n) is 5.83. The highest BCUT2D eigenvalue weighted by atomic mass is 16.6.